The summed E-state index contributed by atoms with van der Waals surface area (Å²) in [4.78, 5) is 18.7. The molecule has 0 bridgehead atoms. The first-order valence-electron chi connectivity index (χ1n) is 5.63. The molecule has 2 aromatic heterocycles. The van der Waals surface area contributed by atoms with Gasteiger partial charge in [0.05, 0.1) is 6.54 Å². The second kappa shape index (κ2) is 6.10. The van der Waals surface area contributed by atoms with Crippen molar-refractivity contribution in [3.8, 4) is 0 Å². The minimum absolute atomic E-state index is 0.242. The highest BCUT2D eigenvalue weighted by Gasteiger charge is 2.12. The van der Waals surface area contributed by atoms with Gasteiger partial charge in [0.25, 0.3) is 5.91 Å². The van der Waals surface area contributed by atoms with E-state index in [0.717, 1.165) is 13.0 Å². The summed E-state index contributed by atoms with van der Waals surface area (Å²) in [5.74, 6) is 0.464. The average molecular weight is 266 g/mol. The van der Waals surface area contributed by atoms with Gasteiger partial charge in [-0.25, -0.2) is 4.98 Å². The van der Waals surface area contributed by atoms with Crippen LogP contribution in [0.1, 0.15) is 29.0 Å². The Balaban J connectivity index is 1.86. The largest absolute Gasteiger partial charge is 0.360 e. The topological polar surface area (TPSA) is 95.6 Å². The third-order valence-corrected chi connectivity index (χ3v) is 3.00. The Morgan fingerprint density at radius 3 is 3.11 bits per heavy atom. The monoisotopic (exact) mass is 266 g/mol. The lowest BCUT2D eigenvalue weighted by Crippen LogP contribution is -2.23. The SMILES string of the molecule is CCCNc1nnc(C(=O)NCc2ncc[nH]2)s1. The van der Waals surface area contributed by atoms with Gasteiger partial charge in [-0.05, 0) is 6.42 Å². The average Bonchev–Trinajstić information content (AvgIpc) is 3.04. The zero-order chi connectivity index (χ0) is 12.8. The van der Waals surface area contributed by atoms with E-state index >= 15 is 0 Å². The number of amides is 1. The van der Waals surface area contributed by atoms with Crippen molar-refractivity contribution in [1.29, 1.82) is 0 Å². The summed E-state index contributed by atoms with van der Waals surface area (Å²) in [5.41, 5.74) is 0. The fraction of sp³-hybridized carbons (Fsp3) is 0.400. The Labute approximate surface area is 108 Å². The molecule has 0 fully saturated rings. The lowest BCUT2D eigenvalue weighted by atomic mass is 10.5. The molecule has 96 valence electrons. The Hall–Kier alpha value is -1.96. The predicted octanol–water partition coefficient (Wildman–Crippen LogP) is 1.01. The van der Waals surface area contributed by atoms with Gasteiger partial charge in [-0.2, -0.15) is 0 Å². The van der Waals surface area contributed by atoms with E-state index in [-0.39, 0.29) is 5.91 Å². The van der Waals surface area contributed by atoms with E-state index in [0.29, 0.717) is 22.5 Å². The van der Waals surface area contributed by atoms with Crippen LogP contribution in [0.25, 0.3) is 0 Å². The van der Waals surface area contributed by atoms with Crippen LogP contribution in [0, 0.1) is 0 Å². The highest BCUT2D eigenvalue weighted by Crippen LogP contribution is 2.14. The first kappa shape index (κ1) is 12.5. The van der Waals surface area contributed by atoms with E-state index in [1.54, 1.807) is 12.4 Å². The van der Waals surface area contributed by atoms with Crippen molar-refractivity contribution in [2.45, 2.75) is 19.9 Å². The third-order valence-electron chi connectivity index (χ3n) is 2.12. The smallest absolute Gasteiger partial charge is 0.282 e. The molecule has 0 saturated heterocycles. The molecule has 0 aliphatic heterocycles. The highest BCUT2D eigenvalue weighted by atomic mass is 32.1. The highest BCUT2D eigenvalue weighted by molar-refractivity contribution is 7.17. The van der Waals surface area contributed by atoms with Gasteiger partial charge in [-0.1, -0.05) is 18.3 Å². The predicted molar refractivity (Wildman–Crippen MR) is 68.4 cm³/mol. The molecule has 0 spiro atoms. The molecule has 18 heavy (non-hydrogen) atoms. The maximum Gasteiger partial charge on any atom is 0.282 e. The minimum Gasteiger partial charge on any atom is -0.360 e. The Morgan fingerprint density at radius 1 is 1.50 bits per heavy atom. The molecule has 0 unspecified atom stereocenters. The van der Waals surface area contributed by atoms with Gasteiger partial charge in [-0.15, -0.1) is 10.2 Å². The zero-order valence-corrected chi connectivity index (χ0v) is 10.8. The van der Waals surface area contributed by atoms with Crippen LogP contribution in [-0.2, 0) is 6.54 Å². The van der Waals surface area contributed by atoms with Crippen molar-refractivity contribution in [2.24, 2.45) is 0 Å². The maximum absolute atomic E-state index is 11.8. The molecule has 0 aromatic carbocycles. The zero-order valence-electron chi connectivity index (χ0n) is 9.93. The lowest BCUT2D eigenvalue weighted by Gasteiger charge is -1.99. The number of H-pyrrole nitrogens is 1. The number of nitrogens with zero attached hydrogens (tertiary/aromatic N) is 3. The fourth-order valence-electron chi connectivity index (χ4n) is 1.25. The normalized spacial score (nSPS) is 10.3. The second-order valence-corrected chi connectivity index (χ2v) is 4.54. The number of anilines is 1. The molecule has 8 heteroatoms. The molecule has 2 aromatic rings. The summed E-state index contributed by atoms with van der Waals surface area (Å²) < 4.78 is 0. The molecule has 1 amide bonds. The molecule has 3 N–H and O–H groups in total. The summed E-state index contributed by atoms with van der Waals surface area (Å²) in [7, 11) is 0. The van der Waals surface area contributed by atoms with Crippen molar-refractivity contribution in [3.63, 3.8) is 0 Å². The van der Waals surface area contributed by atoms with Gasteiger partial charge in [0.15, 0.2) is 0 Å². The molecule has 7 nitrogen and oxygen atoms in total. The van der Waals surface area contributed by atoms with Crippen LogP contribution < -0.4 is 10.6 Å². The minimum atomic E-state index is -0.242. The van der Waals surface area contributed by atoms with Gasteiger partial charge >= 0.3 is 0 Å². The van der Waals surface area contributed by atoms with Crippen LogP contribution in [0.3, 0.4) is 0 Å². The third kappa shape index (κ3) is 3.27. The molecule has 0 aliphatic carbocycles. The van der Waals surface area contributed by atoms with E-state index in [9.17, 15) is 4.79 Å². The van der Waals surface area contributed by atoms with Crippen LogP contribution in [0.2, 0.25) is 0 Å². The summed E-state index contributed by atoms with van der Waals surface area (Å²) >= 11 is 1.24. The standard InChI is InChI=1S/C10H14N6OS/c1-2-3-13-10-16-15-9(18-10)8(17)14-6-7-11-4-5-12-7/h4-5H,2-3,6H2,1H3,(H,11,12)(H,13,16)(H,14,17). The molecular formula is C10H14N6OS. The molecule has 2 rings (SSSR count). The number of imidazole rings is 1. The molecular weight excluding hydrogens is 252 g/mol. The Kier molecular flexibility index (Phi) is 4.24. The first-order valence-corrected chi connectivity index (χ1v) is 6.45. The molecule has 0 atom stereocenters. The van der Waals surface area contributed by atoms with E-state index in [1.807, 2.05) is 0 Å². The van der Waals surface area contributed by atoms with Crippen LogP contribution in [0.4, 0.5) is 5.13 Å². The van der Waals surface area contributed by atoms with E-state index in [1.165, 1.54) is 11.3 Å². The number of carbonyl (C=O) groups is 1. The van der Waals surface area contributed by atoms with Gasteiger partial charge in [-0.3, -0.25) is 4.79 Å². The molecule has 0 radical (unpaired) electrons. The number of aromatic nitrogens is 4. The number of nitrogens with one attached hydrogen (secondary N) is 3. The van der Waals surface area contributed by atoms with Gasteiger partial charge < -0.3 is 15.6 Å². The summed E-state index contributed by atoms with van der Waals surface area (Å²) in [5, 5.41) is 14.5. The van der Waals surface area contributed by atoms with Gasteiger partial charge in [0, 0.05) is 18.9 Å². The number of aromatic amines is 1. The number of hydrogen-bond acceptors (Lipinski definition) is 6. The van der Waals surface area contributed by atoms with Gasteiger partial charge in [0.1, 0.15) is 5.82 Å². The van der Waals surface area contributed by atoms with Crippen molar-refractivity contribution in [2.75, 3.05) is 11.9 Å². The van der Waals surface area contributed by atoms with Crippen molar-refractivity contribution >= 4 is 22.4 Å². The number of hydrogen-bond donors (Lipinski definition) is 3. The summed E-state index contributed by atoms with van der Waals surface area (Å²) in [6.07, 6.45) is 4.35. The van der Waals surface area contributed by atoms with Gasteiger partial charge in [0.2, 0.25) is 10.1 Å². The van der Waals surface area contributed by atoms with E-state index < -0.39 is 0 Å². The van der Waals surface area contributed by atoms with Crippen molar-refractivity contribution in [1.82, 2.24) is 25.5 Å². The number of rotatable bonds is 6. The molecule has 2 heterocycles. The fourth-order valence-corrected chi connectivity index (χ4v) is 1.94. The van der Waals surface area contributed by atoms with Crippen molar-refractivity contribution < 1.29 is 4.79 Å². The summed E-state index contributed by atoms with van der Waals surface area (Å²) in [6.45, 7) is 3.23. The summed E-state index contributed by atoms with van der Waals surface area (Å²) in [6, 6.07) is 0. The maximum atomic E-state index is 11.8. The van der Waals surface area contributed by atoms with Crippen LogP contribution in [0.15, 0.2) is 12.4 Å². The Morgan fingerprint density at radius 2 is 2.39 bits per heavy atom. The lowest BCUT2D eigenvalue weighted by molar-refractivity contribution is 0.0949. The van der Waals surface area contributed by atoms with Crippen molar-refractivity contribution in [3.05, 3.63) is 23.2 Å². The molecule has 0 aliphatic rings. The Bertz CT molecular complexity index is 494. The molecule has 0 saturated carbocycles. The second-order valence-electron chi connectivity index (χ2n) is 3.56. The van der Waals surface area contributed by atoms with E-state index in [4.69, 9.17) is 0 Å². The van der Waals surface area contributed by atoms with Crippen LogP contribution in [0.5, 0.6) is 0 Å². The quantitative estimate of drug-likeness (QED) is 0.725. The van der Waals surface area contributed by atoms with Crippen LogP contribution >= 0.6 is 11.3 Å². The number of carbonyl (C=O) groups excluding carboxylic acids is 1. The van der Waals surface area contributed by atoms with E-state index in [2.05, 4.69) is 37.7 Å². The van der Waals surface area contributed by atoms with Crippen LogP contribution in [-0.4, -0.2) is 32.6 Å². The first-order chi connectivity index (χ1) is 8.79.